The number of rotatable bonds is 4. The average molecular weight is 366 g/mol. The van der Waals surface area contributed by atoms with Gasteiger partial charge < -0.3 is 5.32 Å². The van der Waals surface area contributed by atoms with E-state index >= 15 is 0 Å². The van der Waals surface area contributed by atoms with Crippen molar-refractivity contribution >= 4 is 17.5 Å². The molecule has 1 aromatic carbocycles. The van der Waals surface area contributed by atoms with E-state index in [4.69, 9.17) is 11.6 Å². The molecule has 3 aromatic rings. The molecule has 1 amide bonds. The van der Waals surface area contributed by atoms with Gasteiger partial charge >= 0.3 is 0 Å². The minimum Gasteiger partial charge on any atom is -0.355 e. The molecule has 130 valence electrons. The fourth-order valence-electron chi connectivity index (χ4n) is 3.11. The second kappa shape index (κ2) is 6.80. The highest BCUT2D eigenvalue weighted by molar-refractivity contribution is 6.34. The molecular weight excluding hydrogens is 350 g/mol. The van der Waals surface area contributed by atoms with Crippen molar-refractivity contribution in [2.75, 3.05) is 7.05 Å². The predicted molar refractivity (Wildman–Crippen MR) is 98.0 cm³/mol. The maximum Gasteiger partial charge on any atom is 0.252 e. The van der Waals surface area contributed by atoms with Gasteiger partial charge in [-0.05, 0) is 41.5 Å². The monoisotopic (exact) mass is 365 g/mol. The first-order valence-corrected chi connectivity index (χ1v) is 8.66. The molecule has 7 heteroatoms. The van der Waals surface area contributed by atoms with Crippen molar-refractivity contribution in [3.8, 4) is 11.6 Å². The van der Waals surface area contributed by atoms with Gasteiger partial charge in [0.2, 0.25) is 0 Å². The lowest BCUT2D eigenvalue weighted by Crippen LogP contribution is -2.18. The summed E-state index contributed by atoms with van der Waals surface area (Å²) in [6, 6.07) is 7.34. The quantitative estimate of drug-likeness (QED) is 0.767. The van der Waals surface area contributed by atoms with Crippen LogP contribution in [0.5, 0.6) is 0 Å². The number of carbonyl (C=O) groups excluding carboxylic acids is 1. The number of carbonyl (C=O) groups is 1. The minimum absolute atomic E-state index is 0.176. The van der Waals surface area contributed by atoms with E-state index in [1.165, 1.54) is 0 Å². The van der Waals surface area contributed by atoms with Crippen LogP contribution in [0.15, 0.2) is 49.1 Å². The molecule has 0 aliphatic heterocycles. The number of amides is 1. The van der Waals surface area contributed by atoms with Crippen molar-refractivity contribution in [2.24, 2.45) is 0 Å². The fourth-order valence-corrected chi connectivity index (χ4v) is 3.46. The highest BCUT2D eigenvalue weighted by Gasteiger charge is 2.41. The molecule has 1 fully saturated rings. The second-order valence-electron chi connectivity index (χ2n) is 6.15. The van der Waals surface area contributed by atoms with Crippen LogP contribution in [0.3, 0.4) is 0 Å². The summed E-state index contributed by atoms with van der Waals surface area (Å²) >= 11 is 6.47. The van der Waals surface area contributed by atoms with Gasteiger partial charge in [0.1, 0.15) is 0 Å². The molecule has 2 heterocycles. The summed E-state index contributed by atoms with van der Waals surface area (Å²) < 4.78 is 0. The van der Waals surface area contributed by atoms with Crippen molar-refractivity contribution in [3.05, 3.63) is 70.8 Å². The molecule has 6 nitrogen and oxygen atoms in total. The normalized spacial score (nSPS) is 18.4. The zero-order valence-corrected chi connectivity index (χ0v) is 14.8. The van der Waals surface area contributed by atoms with Crippen molar-refractivity contribution < 1.29 is 4.79 Å². The molecule has 1 aliphatic carbocycles. The topological polar surface area (TPSA) is 80.7 Å². The number of halogens is 1. The second-order valence-corrected chi connectivity index (χ2v) is 6.53. The van der Waals surface area contributed by atoms with Crippen LogP contribution in [0.1, 0.15) is 39.7 Å². The highest BCUT2D eigenvalue weighted by Crippen LogP contribution is 2.56. The van der Waals surface area contributed by atoms with E-state index in [1.54, 1.807) is 31.6 Å². The van der Waals surface area contributed by atoms with E-state index in [1.807, 2.05) is 24.5 Å². The van der Waals surface area contributed by atoms with E-state index < -0.39 is 0 Å². The van der Waals surface area contributed by atoms with Gasteiger partial charge in [0.25, 0.3) is 5.91 Å². The summed E-state index contributed by atoms with van der Waals surface area (Å²) in [7, 11) is 1.60. The van der Waals surface area contributed by atoms with E-state index in [-0.39, 0.29) is 11.8 Å². The Labute approximate surface area is 155 Å². The molecule has 2 atom stereocenters. The van der Waals surface area contributed by atoms with Crippen LogP contribution in [-0.2, 0) is 0 Å². The first-order valence-electron chi connectivity index (χ1n) is 8.29. The summed E-state index contributed by atoms with van der Waals surface area (Å²) in [6.07, 6.45) is 7.93. The average Bonchev–Trinajstić information content (AvgIpc) is 3.49. The molecule has 0 saturated heterocycles. The molecule has 1 aliphatic rings. The molecular formula is C19H16ClN5O. The largest absolute Gasteiger partial charge is 0.355 e. The molecule has 1 saturated carbocycles. The van der Waals surface area contributed by atoms with Crippen LogP contribution < -0.4 is 5.32 Å². The Morgan fingerprint density at radius 1 is 1.04 bits per heavy atom. The van der Waals surface area contributed by atoms with Gasteiger partial charge in [0.05, 0.1) is 10.6 Å². The standard InChI is InChI=1S/C19H16ClN5O/c1-21-19(26)13-5-2-4-12(16(13)20)15-8-14(15)11-9-24-18(25-10-11)17-22-6-3-7-23-17/h2-7,9-10,14-15H,8H2,1H3,(H,21,26). The van der Waals surface area contributed by atoms with Crippen LogP contribution >= 0.6 is 11.6 Å². The number of nitrogens with one attached hydrogen (secondary N) is 1. The van der Waals surface area contributed by atoms with Gasteiger partial charge in [-0.2, -0.15) is 0 Å². The zero-order chi connectivity index (χ0) is 18.1. The molecule has 0 bridgehead atoms. The smallest absolute Gasteiger partial charge is 0.252 e. The third kappa shape index (κ3) is 3.04. The van der Waals surface area contributed by atoms with Crippen molar-refractivity contribution in [1.82, 2.24) is 25.3 Å². The van der Waals surface area contributed by atoms with Gasteiger partial charge in [-0.15, -0.1) is 0 Å². The summed E-state index contributed by atoms with van der Waals surface area (Å²) in [5.41, 5.74) is 2.55. The van der Waals surface area contributed by atoms with Gasteiger partial charge in [0.15, 0.2) is 11.6 Å². The predicted octanol–water partition coefficient (Wildman–Crippen LogP) is 3.22. The fraction of sp³-hybridized carbons (Fsp3) is 0.211. The zero-order valence-electron chi connectivity index (χ0n) is 14.1. The summed E-state index contributed by atoms with van der Waals surface area (Å²) in [6.45, 7) is 0. The van der Waals surface area contributed by atoms with E-state index in [9.17, 15) is 4.79 Å². The summed E-state index contributed by atoms with van der Waals surface area (Å²) in [5.74, 6) is 1.41. The van der Waals surface area contributed by atoms with Crippen molar-refractivity contribution in [1.29, 1.82) is 0 Å². The lowest BCUT2D eigenvalue weighted by Gasteiger charge is -2.08. The van der Waals surface area contributed by atoms with Gasteiger partial charge in [0, 0.05) is 31.8 Å². The van der Waals surface area contributed by atoms with Crippen LogP contribution in [0.2, 0.25) is 5.02 Å². The molecule has 0 spiro atoms. The van der Waals surface area contributed by atoms with Crippen molar-refractivity contribution in [3.63, 3.8) is 0 Å². The van der Waals surface area contributed by atoms with Gasteiger partial charge in [-0.25, -0.2) is 19.9 Å². The molecule has 0 radical (unpaired) electrons. The Morgan fingerprint density at radius 2 is 1.73 bits per heavy atom. The Morgan fingerprint density at radius 3 is 2.42 bits per heavy atom. The highest BCUT2D eigenvalue weighted by atomic mass is 35.5. The molecule has 26 heavy (non-hydrogen) atoms. The van der Waals surface area contributed by atoms with Gasteiger partial charge in [-0.1, -0.05) is 23.7 Å². The van der Waals surface area contributed by atoms with Crippen LogP contribution in [-0.4, -0.2) is 32.9 Å². The Balaban J connectivity index is 1.55. The summed E-state index contributed by atoms with van der Waals surface area (Å²) in [4.78, 5) is 29.0. The number of aromatic nitrogens is 4. The first kappa shape index (κ1) is 16.6. The molecule has 4 rings (SSSR count). The summed E-state index contributed by atoms with van der Waals surface area (Å²) in [5, 5.41) is 3.14. The molecule has 2 unspecified atom stereocenters. The Bertz CT molecular complexity index is 946. The lowest BCUT2D eigenvalue weighted by molar-refractivity contribution is 0.0963. The third-order valence-corrected chi connectivity index (χ3v) is 4.98. The Kier molecular flexibility index (Phi) is 4.34. The SMILES string of the molecule is CNC(=O)c1cccc(C2CC2c2cnc(-c3ncccn3)nc2)c1Cl. The third-order valence-electron chi connectivity index (χ3n) is 4.56. The number of nitrogens with zero attached hydrogens (tertiary/aromatic N) is 4. The maximum atomic E-state index is 11.9. The molecule has 1 N–H and O–H groups in total. The Hall–Kier alpha value is -2.86. The maximum absolute atomic E-state index is 11.9. The number of benzene rings is 1. The van der Waals surface area contributed by atoms with Crippen LogP contribution in [0.25, 0.3) is 11.6 Å². The van der Waals surface area contributed by atoms with Crippen LogP contribution in [0, 0.1) is 0 Å². The minimum atomic E-state index is -0.176. The van der Waals surface area contributed by atoms with Crippen LogP contribution in [0.4, 0.5) is 0 Å². The number of hydrogen-bond donors (Lipinski definition) is 1. The van der Waals surface area contributed by atoms with E-state index in [2.05, 4.69) is 25.3 Å². The lowest BCUT2D eigenvalue weighted by atomic mass is 10.0. The van der Waals surface area contributed by atoms with Crippen molar-refractivity contribution in [2.45, 2.75) is 18.3 Å². The molecule has 2 aromatic heterocycles. The first-order chi connectivity index (χ1) is 12.7. The van der Waals surface area contributed by atoms with Gasteiger partial charge in [-0.3, -0.25) is 4.79 Å². The number of hydrogen-bond acceptors (Lipinski definition) is 5. The van der Waals surface area contributed by atoms with E-state index in [0.29, 0.717) is 28.2 Å². The van der Waals surface area contributed by atoms with E-state index in [0.717, 1.165) is 17.5 Å².